The molecular weight excluding hydrogens is 346 g/mol. The highest BCUT2D eigenvalue weighted by molar-refractivity contribution is 7.13. The Bertz CT molecular complexity index is 756. The lowest BCUT2D eigenvalue weighted by molar-refractivity contribution is 0.0294. The van der Waals surface area contributed by atoms with Crippen LogP contribution in [0.4, 0.5) is 4.79 Å². The average Bonchev–Trinajstić information content (AvgIpc) is 3.30. The third-order valence-corrected chi connectivity index (χ3v) is 6.68. The number of carbonyl (C=O) groups is 1. The molecule has 0 aliphatic carbocycles. The first-order chi connectivity index (χ1) is 12.7. The molecule has 5 heterocycles. The molecule has 3 aliphatic heterocycles. The molecule has 140 valence electrons. The zero-order chi connectivity index (χ0) is 18.1. The summed E-state index contributed by atoms with van der Waals surface area (Å²) in [7, 11) is 2.07. The van der Waals surface area contributed by atoms with E-state index in [1.54, 1.807) is 11.3 Å². The van der Waals surface area contributed by atoms with Gasteiger partial charge in [0.1, 0.15) is 5.69 Å². The number of urea groups is 1. The van der Waals surface area contributed by atoms with Crippen LogP contribution in [0.1, 0.15) is 31.4 Å². The van der Waals surface area contributed by atoms with E-state index in [0.717, 1.165) is 31.7 Å². The fourth-order valence-corrected chi connectivity index (χ4v) is 5.17. The lowest BCUT2D eigenvalue weighted by atomic mass is 9.74. The highest BCUT2D eigenvalue weighted by Gasteiger charge is 2.41. The monoisotopic (exact) mass is 373 g/mol. The van der Waals surface area contributed by atoms with Crippen LogP contribution in [0.25, 0.3) is 10.6 Å². The van der Waals surface area contributed by atoms with Crippen LogP contribution in [0, 0.1) is 5.92 Å². The van der Waals surface area contributed by atoms with E-state index in [1.165, 1.54) is 17.0 Å². The van der Waals surface area contributed by atoms with Crippen molar-refractivity contribution in [1.82, 2.24) is 25.3 Å². The summed E-state index contributed by atoms with van der Waals surface area (Å²) in [6, 6.07) is 6.89. The molecule has 2 bridgehead atoms. The predicted molar refractivity (Wildman–Crippen MR) is 104 cm³/mol. The Balaban J connectivity index is 1.44. The number of fused-ring (bicyclic) bond motifs is 3. The van der Waals surface area contributed by atoms with Crippen molar-refractivity contribution >= 4 is 17.4 Å². The molecule has 2 aromatic rings. The van der Waals surface area contributed by atoms with Gasteiger partial charge < -0.3 is 10.6 Å². The molecular formula is C19H27N5OS. The molecule has 2 aromatic heterocycles. The van der Waals surface area contributed by atoms with Gasteiger partial charge in [-0.3, -0.25) is 9.58 Å². The first kappa shape index (κ1) is 17.5. The fourth-order valence-electron chi connectivity index (χ4n) is 4.49. The van der Waals surface area contributed by atoms with E-state index in [2.05, 4.69) is 50.8 Å². The normalized spacial score (nSPS) is 27.5. The Morgan fingerprint density at radius 1 is 1.42 bits per heavy atom. The summed E-state index contributed by atoms with van der Waals surface area (Å²) >= 11 is 1.74. The molecule has 0 radical (unpaired) electrons. The van der Waals surface area contributed by atoms with Crippen molar-refractivity contribution in [2.24, 2.45) is 13.0 Å². The lowest BCUT2D eigenvalue weighted by Crippen LogP contribution is -2.56. The summed E-state index contributed by atoms with van der Waals surface area (Å²) in [4.78, 5) is 15.5. The number of nitrogens with zero attached hydrogens (tertiary/aromatic N) is 3. The third kappa shape index (κ3) is 3.38. The van der Waals surface area contributed by atoms with Gasteiger partial charge in [-0.25, -0.2) is 4.79 Å². The minimum Gasteiger partial charge on any atom is -0.338 e. The number of hydrogen-bond donors (Lipinski definition) is 2. The van der Waals surface area contributed by atoms with Crippen LogP contribution in [0.5, 0.6) is 0 Å². The van der Waals surface area contributed by atoms with Gasteiger partial charge in [0, 0.05) is 44.3 Å². The zero-order valence-electron chi connectivity index (χ0n) is 15.4. The van der Waals surface area contributed by atoms with Crippen LogP contribution in [0.15, 0.2) is 23.6 Å². The maximum absolute atomic E-state index is 11.7. The molecule has 0 saturated carbocycles. The Morgan fingerprint density at radius 3 is 3.00 bits per heavy atom. The Morgan fingerprint density at radius 2 is 2.31 bits per heavy atom. The molecule has 3 saturated heterocycles. The first-order valence-electron chi connectivity index (χ1n) is 9.49. The number of piperidine rings is 3. The summed E-state index contributed by atoms with van der Waals surface area (Å²) in [6.07, 6.45) is 2.39. The highest BCUT2D eigenvalue weighted by Crippen LogP contribution is 2.42. The number of thiophene rings is 1. The summed E-state index contributed by atoms with van der Waals surface area (Å²) in [5.41, 5.74) is 2.43. The number of amides is 2. The molecule has 3 fully saturated rings. The van der Waals surface area contributed by atoms with Gasteiger partial charge >= 0.3 is 6.03 Å². The molecule has 0 spiro atoms. The quantitative estimate of drug-likeness (QED) is 0.847. The van der Waals surface area contributed by atoms with E-state index >= 15 is 0 Å². The molecule has 2 N–H and O–H groups in total. The van der Waals surface area contributed by atoms with E-state index in [0.29, 0.717) is 24.4 Å². The number of hydrogen-bond acceptors (Lipinski definition) is 4. The lowest BCUT2D eigenvalue weighted by Gasteiger charge is -2.49. The van der Waals surface area contributed by atoms with E-state index < -0.39 is 0 Å². The fraction of sp³-hybridized carbons (Fsp3) is 0.579. The number of aryl methyl sites for hydroxylation is 1. The van der Waals surface area contributed by atoms with E-state index in [9.17, 15) is 4.79 Å². The number of nitrogens with one attached hydrogen (secondary N) is 2. The summed E-state index contributed by atoms with van der Waals surface area (Å²) < 4.78 is 2.07. The summed E-state index contributed by atoms with van der Waals surface area (Å²) in [5.74, 6) is 1.21. The van der Waals surface area contributed by atoms with E-state index in [-0.39, 0.29) is 6.03 Å². The minimum atomic E-state index is -0.0566. The Labute approximate surface area is 158 Å². The molecule has 4 unspecified atom stereocenters. The standard InChI is InChI=1S/C19H27N5OS/c1-3-20-19(25)21-11-14-9-13-6-7-24(14)12-15(13)17-10-16(22-23(17)2)18-5-4-8-26-18/h4-5,8,10,13-15H,3,6-7,9,11-12H2,1-2H3,(H2,20,21,25). The molecule has 6 nitrogen and oxygen atoms in total. The van der Waals surface area contributed by atoms with Gasteiger partial charge in [0.05, 0.1) is 4.88 Å². The van der Waals surface area contributed by atoms with Crippen molar-refractivity contribution in [3.8, 4) is 10.6 Å². The summed E-state index contributed by atoms with van der Waals surface area (Å²) in [6.45, 7) is 5.54. The average molecular weight is 374 g/mol. The Hall–Kier alpha value is -1.86. The van der Waals surface area contributed by atoms with E-state index in [4.69, 9.17) is 5.10 Å². The van der Waals surface area contributed by atoms with Crippen molar-refractivity contribution in [2.75, 3.05) is 26.2 Å². The largest absolute Gasteiger partial charge is 0.338 e. The maximum Gasteiger partial charge on any atom is 0.314 e. The van der Waals surface area contributed by atoms with Crippen LogP contribution in [-0.2, 0) is 7.05 Å². The van der Waals surface area contributed by atoms with Crippen LogP contribution in [-0.4, -0.2) is 52.9 Å². The van der Waals surface area contributed by atoms with Crippen LogP contribution in [0.3, 0.4) is 0 Å². The SMILES string of the molecule is CCNC(=O)NCC1CC2CCN1CC2c1cc(-c2cccs2)nn1C. The molecule has 7 heteroatoms. The predicted octanol–water partition coefficient (Wildman–Crippen LogP) is 2.65. The zero-order valence-corrected chi connectivity index (χ0v) is 16.3. The van der Waals surface area contributed by atoms with Gasteiger partial charge in [-0.15, -0.1) is 11.3 Å². The van der Waals surface area contributed by atoms with Crippen LogP contribution < -0.4 is 10.6 Å². The van der Waals surface area contributed by atoms with Gasteiger partial charge in [0.15, 0.2) is 0 Å². The number of rotatable bonds is 5. The molecule has 4 atom stereocenters. The van der Waals surface area contributed by atoms with Gasteiger partial charge in [0.2, 0.25) is 0 Å². The van der Waals surface area contributed by atoms with Crippen LogP contribution in [0.2, 0.25) is 0 Å². The minimum absolute atomic E-state index is 0.0566. The van der Waals surface area contributed by atoms with Gasteiger partial charge in [0.25, 0.3) is 0 Å². The number of carbonyl (C=O) groups excluding carboxylic acids is 1. The molecule has 5 rings (SSSR count). The van der Waals surface area contributed by atoms with Gasteiger partial charge in [-0.05, 0) is 49.7 Å². The molecule has 26 heavy (non-hydrogen) atoms. The second-order valence-corrected chi connectivity index (χ2v) is 8.28. The number of aromatic nitrogens is 2. The maximum atomic E-state index is 11.7. The van der Waals surface area contributed by atoms with E-state index in [1.807, 2.05) is 6.92 Å². The second-order valence-electron chi connectivity index (χ2n) is 7.34. The topological polar surface area (TPSA) is 62.2 Å². The van der Waals surface area contributed by atoms with Crippen molar-refractivity contribution < 1.29 is 4.79 Å². The smallest absolute Gasteiger partial charge is 0.314 e. The third-order valence-electron chi connectivity index (χ3n) is 5.78. The first-order valence-corrected chi connectivity index (χ1v) is 10.4. The molecule has 0 aromatic carbocycles. The van der Waals surface area contributed by atoms with Crippen molar-refractivity contribution in [3.05, 3.63) is 29.3 Å². The Kier molecular flexibility index (Phi) is 5.00. The van der Waals surface area contributed by atoms with Gasteiger partial charge in [-0.2, -0.15) is 5.10 Å². The van der Waals surface area contributed by atoms with Crippen molar-refractivity contribution in [1.29, 1.82) is 0 Å². The highest BCUT2D eigenvalue weighted by atomic mass is 32.1. The van der Waals surface area contributed by atoms with Crippen LogP contribution >= 0.6 is 11.3 Å². The molecule has 3 aliphatic rings. The second kappa shape index (κ2) is 7.40. The molecule has 2 amide bonds. The van der Waals surface area contributed by atoms with Gasteiger partial charge in [-0.1, -0.05) is 6.07 Å². The summed E-state index contributed by atoms with van der Waals surface area (Å²) in [5, 5.41) is 12.7. The van der Waals surface area contributed by atoms with Crippen molar-refractivity contribution in [3.63, 3.8) is 0 Å². The van der Waals surface area contributed by atoms with Crippen molar-refractivity contribution in [2.45, 2.75) is 31.7 Å².